The average molecular weight is 430 g/mol. The standard InChI is InChI=1S/C23H27NO5S/c1-26-18-5-2-4-17(12-18)14-24(15-19-6-3-9-27-19)23(25)16-30-20-7-8-21-22(13-20)29-11-10-28-21/h2,4-5,7-8,12-13,19H,3,6,9-11,14-16H2,1H3. The van der Waals surface area contributed by atoms with Gasteiger partial charge in [0.2, 0.25) is 5.91 Å². The van der Waals surface area contributed by atoms with Gasteiger partial charge in [-0.3, -0.25) is 4.79 Å². The summed E-state index contributed by atoms with van der Waals surface area (Å²) in [6.07, 6.45) is 2.16. The lowest BCUT2D eigenvalue weighted by Crippen LogP contribution is -2.38. The molecule has 2 aliphatic rings. The van der Waals surface area contributed by atoms with Crippen molar-refractivity contribution < 1.29 is 23.7 Å². The van der Waals surface area contributed by atoms with Crippen molar-refractivity contribution >= 4 is 17.7 Å². The summed E-state index contributed by atoms with van der Waals surface area (Å²) in [4.78, 5) is 16.0. The highest BCUT2D eigenvalue weighted by atomic mass is 32.2. The van der Waals surface area contributed by atoms with Crippen molar-refractivity contribution in [3.05, 3.63) is 48.0 Å². The molecular weight excluding hydrogens is 402 g/mol. The first-order valence-electron chi connectivity index (χ1n) is 10.3. The second kappa shape index (κ2) is 10.1. The van der Waals surface area contributed by atoms with E-state index in [1.807, 2.05) is 47.4 Å². The first kappa shape index (κ1) is 20.9. The van der Waals surface area contributed by atoms with E-state index < -0.39 is 0 Å². The molecule has 0 aliphatic carbocycles. The number of nitrogens with zero attached hydrogens (tertiary/aromatic N) is 1. The zero-order valence-electron chi connectivity index (χ0n) is 17.2. The van der Waals surface area contributed by atoms with Crippen LogP contribution in [0.3, 0.4) is 0 Å². The lowest BCUT2D eigenvalue weighted by Gasteiger charge is -2.26. The van der Waals surface area contributed by atoms with Crippen LogP contribution in [0.25, 0.3) is 0 Å². The molecule has 0 bridgehead atoms. The zero-order valence-corrected chi connectivity index (χ0v) is 18.0. The fourth-order valence-electron chi connectivity index (χ4n) is 3.63. The molecule has 0 radical (unpaired) electrons. The molecule has 1 saturated heterocycles. The van der Waals surface area contributed by atoms with Crippen LogP contribution >= 0.6 is 11.8 Å². The van der Waals surface area contributed by atoms with Crippen molar-refractivity contribution in [3.63, 3.8) is 0 Å². The predicted molar refractivity (Wildman–Crippen MR) is 116 cm³/mol. The van der Waals surface area contributed by atoms with Gasteiger partial charge in [-0.05, 0) is 48.7 Å². The van der Waals surface area contributed by atoms with Gasteiger partial charge in [-0.15, -0.1) is 11.8 Å². The van der Waals surface area contributed by atoms with Crippen molar-refractivity contribution in [3.8, 4) is 17.2 Å². The summed E-state index contributed by atoms with van der Waals surface area (Å²) in [6.45, 7) is 3.04. The summed E-state index contributed by atoms with van der Waals surface area (Å²) in [6, 6.07) is 13.7. The van der Waals surface area contributed by atoms with E-state index >= 15 is 0 Å². The minimum atomic E-state index is 0.0909. The summed E-state index contributed by atoms with van der Waals surface area (Å²) >= 11 is 1.51. The van der Waals surface area contributed by atoms with Gasteiger partial charge in [0.1, 0.15) is 19.0 Å². The van der Waals surface area contributed by atoms with Crippen LogP contribution < -0.4 is 14.2 Å². The number of ether oxygens (including phenoxy) is 4. The summed E-state index contributed by atoms with van der Waals surface area (Å²) in [7, 11) is 1.65. The van der Waals surface area contributed by atoms with Crippen LogP contribution in [0.2, 0.25) is 0 Å². The van der Waals surface area contributed by atoms with E-state index in [4.69, 9.17) is 18.9 Å². The summed E-state index contributed by atoms with van der Waals surface area (Å²) < 4.78 is 22.3. The minimum Gasteiger partial charge on any atom is -0.497 e. The third-order valence-corrected chi connectivity index (χ3v) is 6.16. The molecule has 1 fully saturated rings. The summed E-state index contributed by atoms with van der Waals surface area (Å²) in [5.41, 5.74) is 1.05. The van der Waals surface area contributed by atoms with E-state index in [0.29, 0.717) is 32.1 Å². The highest BCUT2D eigenvalue weighted by molar-refractivity contribution is 8.00. The number of fused-ring (bicyclic) bond motifs is 1. The topological polar surface area (TPSA) is 57.2 Å². The van der Waals surface area contributed by atoms with Gasteiger partial charge in [0.15, 0.2) is 11.5 Å². The number of amides is 1. The number of carbonyl (C=O) groups is 1. The smallest absolute Gasteiger partial charge is 0.233 e. The molecule has 1 unspecified atom stereocenters. The Kier molecular flexibility index (Phi) is 7.02. The van der Waals surface area contributed by atoms with Crippen LogP contribution in [0, 0.1) is 0 Å². The van der Waals surface area contributed by atoms with E-state index in [0.717, 1.165) is 47.2 Å². The van der Waals surface area contributed by atoms with Crippen LogP contribution in [0.5, 0.6) is 17.2 Å². The molecule has 7 heteroatoms. The number of hydrogen-bond donors (Lipinski definition) is 0. The van der Waals surface area contributed by atoms with Crippen LogP contribution in [0.4, 0.5) is 0 Å². The van der Waals surface area contributed by atoms with Crippen molar-refractivity contribution in [2.45, 2.75) is 30.4 Å². The normalized spacial score (nSPS) is 17.6. The lowest BCUT2D eigenvalue weighted by molar-refractivity contribution is -0.130. The van der Waals surface area contributed by atoms with E-state index in [1.54, 1.807) is 7.11 Å². The number of rotatable bonds is 8. The monoisotopic (exact) mass is 429 g/mol. The van der Waals surface area contributed by atoms with Crippen molar-refractivity contribution in [1.29, 1.82) is 0 Å². The van der Waals surface area contributed by atoms with Crippen molar-refractivity contribution in [1.82, 2.24) is 4.90 Å². The minimum absolute atomic E-state index is 0.0909. The number of carbonyl (C=O) groups excluding carboxylic acids is 1. The molecule has 4 rings (SSSR count). The highest BCUT2D eigenvalue weighted by Crippen LogP contribution is 2.34. The van der Waals surface area contributed by atoms with Crippen molar-refractivity contribution in [2.75, 3.05) is 39.2 Å². The third kappa shape index (κ3) is 5.40. The Morgan fingerprint density at radius 3 is 2.80 bits per heavy atom. The molecule has 30 heavy (non-hydrogen) atoms. The Balaban J connectivity index is 1.41. The van der Waals surface area contributed by atoms with Crippen LogP contribution in [-0.4, -0.2) is 56.1 Å². The van der Waals surface area contributed by atoms with E-state index in [9.17, 15) is 4.79 Å². The fourth-order valence-corrected chi connectivity index (χ4v) is 4.46. The van der Waals surface area contributed by atoms with E-state index in [-0.39, 0.29) is 12.0 Å². The Morgan fingerprint density at radius 2 is 2.00 bits per heavy atom. The molecule has 2 heterocycles. The largest absolute Gasteiger partial charge is 0.497 e. The van der Waals surface area contributed by atoms with E-state index in [1.165, 1.54) is 11.8 Å². The average Bonchev–Trinajstić information content (AvgIpc) is 3.30. The van der Waals surface area contributed by atoms with Gasteiger partial charge in [0.25, 0.3) is 0 Å². The zero-order chi connectivity index (χ0) is 20.8. The Labute approximate surface area is 181 Å². The van der Waals surface area contributed by atoms with Crippen LogP contribution in [0.1, 0.15) is 18.4 Å². The van der Waals surface area contributed by atoms with Crippen LogP contribution in [-0.2, 0) is 16.1 Å². The van der Waals surface area contributed by atoms with Gasteiger partial charge in [0.05, 0.1) is 19.0 Å². The molecule has 1 atom stereocenters. The number of methoxy groups -OCH3 is 1. The van der Waals surface area contributed by atoms with E-state index in [2.05, 4.69) is 0 Å². The molecule has 2 aromatic carbocycles. The molecule has 2 aromatic rings. The Hall–Kier alpha value is -2.38. The first-order valence-corrected chi connectivity index (χ1v) is 11.2. The second-order valence-electron chi connectivity index (χ2n) is 7.35. The maximum absolute atomic E-state index is 13.1. The molecule has 0 spiro atoms. The molecule has 0 aromatic heterocycles. The molecule has 1 amide bonds. The molecule has 160 valence electrons. The van der Waals surface area contributed by atoms with Gasteiger partial charge in [0, 0.05) is 24.6 Å². The quantitative estimate of drug-likeness (QED) is 0.596. The number of thioether (sulfide) groups is 1. The predicted octanol–water partition coefficient (Wildman–Crippen LogP) is 3.77. The SMILES string of the molecule is COc1cccc(CN(CC2CCCO2)C(=O)CSc2ccc3c(c2)OCCO3)c1. The lowest BCUT2D eigenvalue weighted by atomic mass is 10.1. The first-order chi connectivity index (χ1) is 14.7. The maximum atomic E-state index is 13.1. The molecule has 0 saturated carbocycles. The Morgan fingerprint density at radius 1 is 1.13 bits per heavy atom. The van der Waals surface area contributed by atoms with Crippen LogP contribution in [0.15, 0.2) is 47.4 Å². The third-order valence-electron chi connectivity index (χ3n) is 5.18. The maximum Gasteiger partial charge on any atom is 0.233 e. The molecular formula is C23H27NO5S. The van der Waals surface area contributed by atoms with Gasteiger partial charge in [-0.2, -0.15) is 0 Å². The number of hydrogen-bond acceptors (Lipinski definition) is 6. The van der Waals surface area contributed by atoms with Crippen molar-refractivity contribution in [2.24, 2.45) is 0 Å². The fraction of sp³-hybridized carbons (Fsp3) is 0.435. The number of benzene rings is 2. The van der Waals surface area contributed by atoms with Gasteiger partial charge in [-0.25, -0.2) is 0 Å². The highest BCUT2D eigenvalue weighted by Gasteiger charge is 2.23. The van der Waals surface area contributed by atoms with Gasteiger partial charge < -0.3 is 23.8 Å². The van der Waals surface area contributed by atoms with Gasteiger partial charge >= 0.3 is 0 Å². The molecule has 2 aliphatic heterocycles. The Bertz CT molecular complexity index is 868. The molecule has 0 N–H and O–H groups in total. The van der Waals surface area contributed by atoms with Gasteiger partial charge in [-0.1, -0.05) is 12.1 Å². The molecule has 6 nitrogen and oxygen atoms in total. The summed E-state index contributed by atoms with van der Waals surface area (Å²) in [5.74, 6) is 2.74. The second-order valence-corrected chi connectivity index (χ2v) is 8.40. The summed E-state index contributed by atoms with van der Waals surface area (Å²) in [5, 5.41) is 0.